The SMILES string of the molecule is CC1CCNCC1NS(=O)(=O)c1cc(F)cc(F)c1.Cl. The molecule has 1 aliphatic heterocycles. The van der Waals surface area contributed by atoms with Gasteiger partial charge in [-0.2, -0.15) is 0 Å². The van der Waals surface area contributed by atoms with Crippen LogP contribution in [0.4, 0.5) is 8.78 Å². The minimum atomic E-state index is -3.91. The summed E-state index contributed by atoms with van der Waals surface area (Å²) in [6.07, 6.45) is 0.852. The third-order valence-corrected chi connectivity index (χ3v) is 4.75. The summed E-state index contributed by atoms with van der Waals surface area (Å²) >= 11 is 0. The van der Waals surface area contributed by atoms with E-state index >= 15 is 0 Å². The van der Waals surface area contributed by atoms with Gasteiger partial charge in [0.25, 0.3) is 0 Å². The van der Waals surface area contributed by atoms with Crippen LogP contribution in [0.2, 0.25) is 0 Å². The van der Waals surface area contributed by atoms with E-state index in [1.807, 2.05) is 6.92 Å². The average Bonchev–Trinajstić information content (AvgIpc) is 2.31. The Kier molecular flexibility index (Phi) is 5.88. The topological polar surface area (TPSA) is 58.2 Å². The Hall–Kier alpha value is -0.760. The van der Waals surface area contributed by atoms with Crippen molar-refractivity contribution in [3.05, 3.63) is 29.8 Å². The Bertz CT molecular complexity index is 548. The van der Waals surface area contributed by atoms with E-state index in [1.165, 1.54) is 0 Å². The van der Waals surface area contributed by atoms with Crippen LogP contribution in [0.3, 0.4) is 0 Å². The first-order chi connectivity index (χ1) is 8.88. The van der Waals surface area contributed by atoms with E-state index in [9.17, 15) is 17.2 Å². The lowest BCUT2D eigenvalue weighted by molar-refractivity contribution is 0.327. The van der Waals surface area contributed by atoms with Crippen molar-refractivity contribution in [2.45, 2.75) is 24.3 Å². The minimum Gasteiger partial charge on any atom is -0.315 e. The standard InChI is InChI=1S/C12H16F2N2O2S.ClH/c1-8-2-3-15-7-12(8)16-19(17,18)11-5-9(13)4-10(14)6-11;/h4-6,8,12,15-16H,2-3,7H2,1H3;1H. The zero-order valence-electron chi connectivity index (χ0n) is 10.9. The summed E-state index contributed by atoms with van der Waals surface area (Å²) in [7, 11) is -3.91. The molecule has 1 aromatic carbocycles. The molecule has 8 heteroatoms. The van der Waals surface area contributed by atoms with Crippen molar-refractivity contribution < 1.29 is 17.2 Å². The molecular weight excluding hydrogens is 310 g/mol. The molecule has 1 saturated heterocycles. The number of benzene rings is 1. The predicted octanol–water partition coefficient (Wildman–Crippen LogP) is 1.66. The van der Waals surface area contributed by atoms with Crippen LogP contribution in [-0.2, 0) is 10.0 Å². The fraction of sp³-hybridized carbons (Fsp3) is 0.500. The summed E-state index contributed by atoms with van der Waals surface area (Å²) in [6, 6.07) is 1.99. The molecular formula is C12H17ClF2N2O2S. The molecule has 2 N–H and O–H groups in total. The van der Waals surface area contributed by atoms with Crippen LogP contribution in [0.5, 0.6) is 0 Å². The Morgan fingerprint density at radius 2 is 1.85 bits per heavy atom. The monoisotopic (exact) mass is 326 g/mol. The van der Waals surface area contributed by atoms with Crippen molar-refractivity contribution in [3.8, 4) is 0 Å². The molecule has 20 heavy (non-hydrogen) atoms. The lowest BCUT2D eigenvalue weighted by Crippen LogP contribution is -2.50. The molecule has 114 valence electrons. The van der Waals surface area contributed by atoms with Crippen LogP contribution in [-0.4, -0.2) is 27.5 Å². The number of rotatable bonds is 3. The van der Waals surface area contributed by atoms with E-state index in [0.717, 1.165) is 25.1 Å². The van der Waals surface area contributed by atoms with Crippen LogP contribution in [0.15, 0.2) is 23.1 Å². The number of hydrogen-bond acceptors (Lipinski definition) is 3. The van der Waals surface area contributed by atoms with Gasteiger partial charge in [-0.05, 0) is 31.0 Å². The van der Waals surface area contributed by atoms with Crippen molar-refractivity contribution in [2.24, 2.45) is 5.92 Å². The lowest BCUT2D eigenvalue weighted by atomic mass is 9.96. The molecule has 0 bridgehead atoms. The summed E-state index contributed by atoms with van der Waals surface area (Å²) < 4.78 is 52.8. The zero-order valence-corrected chi connectivity index (χ0v) is 12.5. The molecule has 2 atom stereocenters. The van der Waals surface area contributed by atoms with E-state index in [-0.39, 0.29) is 29.3 Å². The van der Waals surface area contributed by atoms with E-state index < -0.39 is 21.7 Å². The highest BCUT2D eigenvalue weighted by atomic mass is 35.5. The van der Waals surface area contributed by atoms with Gasteiger partial charge in [-0.15, -0.1) is 12.4 Å². The molecule has 1 aromatic rings. The molecule has 0 spiro atoms. The zero-order chi connectivity index (χ0) is 14.0. The van der Waals surface area contributed by atoms with Crippen LogP contribution < -0.4 is 10.0 Å². The molecule has 0 aromatic heterocycles. The second-order valence-electron chi connectivity index (χ2n) is 4.80. The van der Waals surface area contributed by atoms with Crippen molar-refractivity contribution in [2.75, 3.05) is 13.1 Å². The van der Waals surface area contributed by atoms with E-state index in [4.69, 9.17) is 0 Å². The normalized spacial score (nSPS) is 23.1. The average molecular weight is 327 g/mol. The van der Waals surface area contributed by atoms with Gasteiger partial charge in [0.2, 0.25) is 10.0 Å². The largest absolute Gasteiger partial charge is 0.315 e. The van der Waals surface area contributed by atoms with Gasteiger partial charge in [0.1, 0.15) is 11.6 Å². The summed E-state index contributed by atoms with van der Waals surface area (Å²) in [4.78, 5) is -0.386. The van der Waals surface area contributed by atoms with Gasteiger partial charge >= 0.3 is 0 Å². The quantitative estimate of drug-likeness (QED) is 0.888. The number of halogens is 3. The molecule has 4 nitrogen and oxygen atoms in total. The first kappa shape index (κ1) is 17.3. The molecule has 0 radical (unpaired) electrons. The highest BCUT2D eigenvalue weighted by Gasteiger charge is 2.27. The van der Waals surface area contributed by atoms with Crippen molar-refractivity contribution in [3.63, 3.8) is 0 Å². The number of piperidine rings is 1. The Morgan fingerprint density at radius 3 is 2.40 bits per heavy atom. The Balaban J connectivity index is 0.00000200. The first-order valence-electron chi connectivity index (χ1n) is 6.07. The van der Waals surface area contributed by atoms with Gasteiger partial charge in [0, 0.05) is 18.7 Å². The molecule has 1 aliphatic rings. The number of nitrogens with one attached hydrogen (secondary N) is 2. The second-order valence-corrected chi connectivity index (χ2v) is 6.52. The van der Waals surface area contributed by atoms with Gasteiger partial charge in [0.05, 0.1) is 4.90 Å². The maximum atomic E-state index is 13.1. The fourth-order valence-corrected chi connectivity index (χ4v) is 3.48. The molecule has 0 aliphatic carbocycles. The Labute approximate surface area is 123 Å². The van der Waals surface area contributed by atoms with Crippen LogP contribution >= 0.6 is 12.4 Å². The van der Waals surface area contributed by atoms with E-state index in [1.54, 1.807) is 0 Å². The summed E-state index contributed by atoms with van der Waals surface area (Å²) in [6.45, 7) is 3.30. The van der Waals surface area contributed by atoms with Gasteiger partial charge in [-0.25, -0.2) is 21.9 Å². The lowest BCUT2D eigenvalue weighted by Gasteiger charge is -2.29. The van der Waals surface area contributed by atoms with Gasteiger partial charge in [-0.1, -0.05) is 6.92 Å². The fourth-order valence-electron chi connectivity index (χ4n) is 2.10. The number of sulfonamides is 1. The molecule has 0 amide bonds. The van der Waals surface area contributed by atoms with Crippen LogP contribution in [0.1, 0.15) is 13.3 Å². The van der Waals surface area contributed by atoms with Gasteiger partial charge in [-0.3, -0.25) is 0 Å². The molecule has 1 fully saturated rings. The van der Waals surface area contributed by atoms with Crippen LogP contribution in [0.25, 0.3) is 0 Å². The molecule has 1 heterocycles. The number of hydrogen-bond donors (Lipinski definition) is 2. The van der Waals surface area contributed by atoms with E-state index in [0.29, 0.717) is 12.6 Å². The molecule has 2 rings (SSSR count). The van der Waals surface area contributed by atoms with E-state index in [2.05, 4.69) is 10.0 Å². The molecule has 2 unspecified atom stereocenters. The van der Waals surface area contributed by atoms with Crippen molar-refractivity contribution >= 4 is 22.4 Å². The van der Waals surface area contributed by atoms with Crippen molar-refractivity contribution in [1.82, 2.24) is 10.0 Å². The highest BCUT2D eigenvalue weighted by Crippen LogP contribution is 2.17. The van der Waals surface area contributed by atoms with Gasteiger partial charge < -0.3 is 5.32 Å². The maximum absolute atomic E-state index is 13.1. The van der Waals surface area contributed by atoms with Gasteiger partial charge in [0.15, 0.2) is 0 Å². The minimum absolute atomic E-state index is 0. The second kappa shape index (κ2) is 6.80. The maximum Gasteiger partial charge on any atom is 0.241 e. The Morgan fingerprint density at radius 1 is 1.25 bits per heavy atom. The first-order valence-corrected chi connectivity index (χ1v) is 7.56. The summed E-state index contributed by atoms with van der Waals surface area (Å²) in [5.41, 5.74) is 0. The predicted molar refractivity (Wildman–Crippen MR) is 74.4 cm³/mol. The molecule has 0 saturated carbocycles. The third-order valence-electron chi connectivity index (χ3n) is 3.28. The third kappa shape index (κ3) is 4.12. The highest BCUT2D eigenvalue weighted by molar-refractivity contribution is 7.89. The summed E-state index contributed by atoms with van der Waals surface area (Å²) in [5.74, 6) is -1.64. The summed E-state index contributed by atoms with van der Waals surface area (Å²) in [5, 5.41) is 3.09. The van der Waals surface area contributed by atoms with Crippen LogP contribution in [0, 0.1) is 17.6 Å². The smallest absolute Gasteiger partial charge is 0.241 e. The van der Waals surface area contributed by atoms with Crippen molar-refractivity contribution in [1.29, 1.82) is 0 Å².